The SMILES string of the molecule is CC1CCc2ccccc2N1C(=O)C(=O)c1cccc(C2C(=O)Nc3ccccc3C2=O)c1. The average Bonchev–Trinajstić information content (AvgIpc) is 2.83. The van der Waals surface area contributed by atoms with Gasteiger partial charge in [0.15, 0.2) is 5.78 Å². The first kappa shape index (κ1) is 20.8. The lowest BCUT2D eigenvalue weighted by atomic mass is 9.85. The summed E-state index contributed by atoms with van der Waals surface area (Å²) >= 11 is 0. The minimum absolute atomic E-state index is 0.110. The van der Waals surface area contributed by atoms with Crippen LogP contribution in [0.1, 0.15) is 51.1 Å². The summed E-state index contributed by atoms with van der Waals surface area (Å²) in [6.45, 7) is 1.93. The molecule has 2 unspecified atom stereocenters. The van der Waals surface area contributed by atoms with Crippen molar-refractivity contribution in [1.29, 1.82) is 0 Å². The maximum absolute atomic E-state index is 13.3. The lowest BCUT2D eigenvalue weighted by molar-refractivity contribution is -0.117. The number of ketones is 2. The molecule has 0 aromatic heterocycles. The van der Waals surface area contributed by atoms with Gasteiger partial charge >= 0.3 is 0 Å². The van der Waals surface area contributed by atoms with E-state index in [2.05, 4.69) is 5.32 Å². The van der Waals surface area contributed by atoms with Gasteiger partial charge in [0.1, 0.15) is 5.92 Å². The molecule has 0 saturated heterocycles. The number of carbonyl (C=O) groups is 4. The van der Waals surface area contributed by atoms with Crippen molar-refractivity contribution in [3.8, 4) is 0 Å². The Hall–Kier alpha value is -4.06. The van der Waals surface area contributed by atoms with Crippen molar-refractivity contribution in [2.45, 2.75) is 31.7 Å². The summed E-state index contributed by atoms with van der Waals surface area (Å²) in [7, 11) is 0. The molecule has 33 heavy (non-hydrogen) atoms. The Morgan fingerprint density at radius 1 is 0.939 bits per heavy atom. The van der Waals surface area contributed by atoms with Crippen molar-refractivity contribution in [1.82, 2.24) is 0 Å². The van der Waals surface area contributed by atoms with E-state index in [-0.39, 0.29) is 17.4 Å². The largest absolute Gasteiger partial charge is 0.324 e. The Morgan fingerprint density at radius 3 is 2.55 bits per heavy atom. The van der Waals surface area contributed by atoms with Crippen LogP contribution in [0.15, 0.2) is 72.8 Å². The van der Waals surface area contributed by atoms with E-state index in [1.54, 1.807) is 47.4 Å². The predicted octanol–water partition coefficient (Wildman–Crippen LogP) is 4.16. The van der Waals surface area contributed by atoms with Crippen molar-refractivity contribution < 1.29 is 19.2 Å². The van der Waals surface area contributed by atoms with Gasteiger partial charge in [-0.2, -0.15) is 0 Å². The molecule has 164 valence electrons. The zero-order chi connectivity index (χ0) is 23.1. The highest BCUT2D eigenvalue weighted by atomic mass is 16.2. The number of carbonyl (C=O) groups excluding carboxylic acids is 4. The number of amides is 2. The number of rotatable bonds is 3. The van der Waals surface area contributed by atoms with Gasteiger partial charge in [-0.25, -0.2) is 0 Å². The molecule has 0 spiro atoms. The predicted molar refractivity (Wildman–Crippen MR) is 125 cm³/mol. The molecule has 2 amide bonds. The van der Waals surface area contributed by atoms with Crippen molar-refractivity contribution in [3.05, 3.63) is 95.1 Å². The van der Waals surface area contributed by atoms with Gasteiger partial charge in [-0.3, -0.25) is 19.2 Å². The summed E-state index contributed by atoms with van der Waals surface area (Å²) in [6.07, 6.45) is 1.62. The molecule has 2 aliphatic heterocycles. The second-order valence-corrected chi connectivity index (χ2v) is 8.48. The number of anilines is 2. The lowest BCUT2D eigenvalue weighted by Gasteiger charge is -2.34. The molecular weight excluding hydrogens is 416 g/mol. The van der Waals surface area contributed by atoms with Crippen LogP contribution in [-0.2, 0) is 16.0 Å². The molecule has 0 bridgehead atoms. The molecule has 6 heteroatoms. The van der Waals surface area contributed by atoms with Crippen LogP contribution in [0.5, 0.6) is 0 Å². The van der Waals surface area contributed by atoms with Crippen molar-refractivity contribution >= 4 is 34.8 Å². The first-order valence-corrected chi connectivity index (χ1v) is 11.0. The Balaban J connectivity index is 1.47. The van der Waals surface area contributed by atoms with Crippen LogP contribution in [0, 0.1) is 0 Å². The third-order valence-electron chi connectivity index (χ3n) is 6.39. The zero-order valence-corrected chi connectivity index (χ0v) is 18.1. The molecule has 2 atom stereocenters. The van der Waals surface area contributed by atoms with Crippen LogP contribution >= 0.6 is 0 Å². The van der Waals surface area contributed by atoms with E-state index in [1.807, 2.05) is 31.2 Å². The van der Waals surface area contributed by atoms with E-state index in [4.69, 9.17) is 0 Å². The highest BCUT2D eigenvalue weighted by Crippen LogP contribution is 2.33. The molecule has 3 aromatic rings. The fraction of sp³-hybridized carbons (Fsp3) is 0.185. The van der Waals surface area contributed by atoms with Crippen LogP contribution in [0.25, 0.3) is 0 Å². The summed E-state index contributed by atoms with van der Waals surface area (Å²) in [5.41, 5.74) is 3.24. The van der Waals surface area contributed by atoms with E-state index in [0.717, 1.165) is 24.1 Å². The third-order valence-corrected chi connectivity index (χ3v) is 6.39. The third kappa shape index (κ3) is 3.53. The van der Waals surface area contributed by atoms with Crippen molar-refractivity contribution in [3.63, 3.8) is 0 Å². The van der Waals surface area contributed by atoms with Gasteiger partial charge in [-0.05, 0) is 55.2 Å². The normalized spacial score (nSPS) is 19.4. The van der Waals surface area contributed by atoms with Gasteiger partial charge in [-0.1, -0.05) is 48.5 Å². The molecule has 2 heterocycles. The van der Waals surface area contributed by atoms with Gasteiger partial charge in [-0.15, -0.1) is 0 Å². The van der Waals surface area contributed by atoms with E-state index in [9.17, 15) is 19.2 Å². The fourth-order valence-electron chi connectivity index (χ4n) is 4.68. The number of nitrogens with one attached hydrogen (secondary N) is 1. The van der Waals surface area contributed by atoms with E-state index in [0.29, 0.717) is 16.8 Å². The first-order valence-electron chi connectivity index (χ1n) is 11.0. The highest BCUT2D eigenvalue weighted by Gasteiger charge is 2.37. The second-order valence-electron chi connectivity index (χ2n) is 8.48. The molecule has 3 aromatic carbocycles. The molecule has 0 saturated carbocycles. The topological polar surface area (TPSA) is 83.6 Å². The summed E-state index contributed by atoms with van der Waals surface area (Å²) in [6, 6.07) is 20.6. The molecule has 2 aliphatic rings. The molecule has 6 nitrogen and oxygen atoms in total. The van der Waals surface area contributed by atoms with Gasteiger partial charge in [0.2, 0.25) is 5.91 Å². The number of para-hydroxylation sites is 2. The summed E-state index contributed by atoms with van der Waals surface area (Å²) in [5, 5.41) is 2.76. The van der Waals surface area contributed by atoms with Crippen LogP contribution < -0.4 is 10.2 Å². The van der Waals surface area contributed by atoms with Crippen LogP contribution in [0.2, 0.25) is 0 Å². The standard InChI is InChI=1S/C27H22N2O4/c1-16-13-14-17-7-2-5-12-22(17)29(16)27(33)24(30)19-9-6-8-18(15-19)23-25(31)20-10-3-4-11-21(20)28-26(23)32/h2-12,15-16,23H,13-14H2,1H3,(H,28,32). The fourth-order valence-corrected chi connectivity index (χ4v) is 4.68. The first-order chi connectivity index (χ1) is 16.0. The maximum atomic E-state index is 13.3. The molecule has 0 radical (unpaired) electrons. The zero-order valence-electron chi connectivity index (χ0n) is 18.1. The molecule has 1 N–H and O–H groups in total. The number of fused-ring (bicyclic) bond motifs is 2. The Kier molecular flexibility index (Phi) is 5.13. The van der Waals surface area contributed by atoms with Crippen LogP contribution in [0.4, 0.5) is 11.4 Å². The number of benzene rings is 3. The van der Waals surface area contributed by atoms with E-state index >= 15 is 0 Å². The van der Waals surface area contributed by atoms with Crippen LogP contribution in [0.3, 0.4) is 0 Å². The Labute approximate surface area is 191 Å². The van der Waals surface area contributed by atoms with Gasteiger partial charge < -0.3 is 10.2 Å². The minimum Gasteiger partial charge on any atom is -0.324 e. The quantitative estimate of drug-likeness (QED) is 0.378. The Morgan fingerprint density at radius 2 is 1.70 bits per heavy atom. The van der Waals surface area contributed by atoms with E-state index < -0.39 is 23.5 Å². The molecular formula is C27H22N2O4. The molecule has 5 rings (SSSR count). The van der Waals surface area contributed by atoms with E-state index in [1.165, 1.54) is 6.07 Å². The molecule has 0 fully saturated rings. The van der Waals surface area contributed by atoms with Gasteiger partial charge in [0.25, 0.3) is 11.7 Å². The monoisotopic (exact) mass is 438 g/mol. The summed E-state index contributed by atoms with van der Waals surface area (Å²) in [5.74, 6) is -3.13. The van der Waals surface area contributed by atoms with Gasteiger partial charge in [0.05, 0.1) is 5.69 Å². The number of hydrogen-bond acceptors (Lipinski definition) is 4. The summed E-state index contributed by atoms with van der Waals surface area (Å²) in [4.78, 5) is 53.8. The number of hydrogen-bond donors (Lipinski definition) is 1. The highest BCUT2D eigenvalue weighted by molar-refractivity contribution is 6.47. The van der Waals surface area contributed by atoms with Crippen molar-refractivity contribution in [2.75, 3.05) is 10.2 Å². The van der Waals surface area contributed by atoms with Gasteiger partial charge in [0, 0.05) is 22.9 Å². The lowest BCUT2D eigenvalue weighted by Crippen LogP contribution is -2.45. The van der Waals surface area contributed by atoms with Crippen molar-refractivity contribution in [2.24, 2.45) is 0 Å². The minimum atomic E-state index is -1.07. The smallest absolute Gasteiger partial charge is 0.299 e. The summed E-state index contributed by atoms with van der Waals surface area (Å²) < 4.78 is 0. The number of aryl methyl sites for hydroxylation is 1. The molecule has 0 aliphatic carbocycles. The Bertz CT molecular complexity index is 1310. The van der Waals surface area contributed by atoms with Crippen LogP contribution in [-0.4, -0.2) is 29.4 Å². The average molecular weight is 438 g/mol. The second kappa shape index (κ2) is 8.13. The maximum Gasteiger partial charge on any atom is 0.299 e. The number of Topliss-reactive ketones (excluding diaryl/α,β-unsaturated/α-hetero) is 2. The number of nitrogens with zero attached hydrogens (tertiary/aromatic N) is 1.